The number of fused-ring (bicyclic) bond motifs is 1. The molecule has 2 aromatic carbocycles. The van der Waals surface area contributed by atoms with Crippen LogP contribution in [-0.2, 0) is 4.79 Å². The molecule has 1 amide bonds. The zero-order chi connectivity index (χ0) is 19.6. The molecule has 1 aliphatic rings. The first-order valence-electron chi connectivity index (χ1n) is 7.97. The number of Topliss-reactive ketones (excluding diaryl/α,β-unsaturated/α-hetero) is 1. The Kier molecular flexibility index (Phi) is 4.93. The number of carbonyl (C=O) groups excluding carboxylic acids is 2. The quantitative estimate of drug-likeness (QED) is 0.471. The van der Waals surface area contributed by atoms with Gasteiger partial charge in [-0.2, -0.15) is 0 Å². The molecule has 0 saturated carbocycles. The number of rotatable bonds is 6. The predicted octanol–water partition coefficient (Wildman–Crippen LogP) is 2.85. The van der Waals surface area contributed by atoms with Crippen LogP contribution in [0.25, 0.3) is 0 Å². The van der Waals surface area contributed by atoms with Gasteiger partial charge in [0.2, 0.25) is 6.79 Å². The zero-order valence-corrected chi connectivity index (χ0v) is 14.6. The van der Waals surface area contributed by atoms with Gasteiger partial charge in [-0.25, -0.2) is 0 Å². The summed E-state index contributed by atoms with van der Waals surface area (Å²) < 4.78 is 15.9. The molecule has 0 radical (unpaired) electrons. The molecule has 0 atom stereocenters. The third-order valence-electron chi connectivity index (χ3n) is 3.90. The summed E-state index contributed by atoms with van der Waals surface area (Å²) in [6.45, 7) is 2.68. The molecule has 0 fully saturated rings. The van der Waals surface area contributed by atoms with Crippen molar-refractivity contribution in [2.24, 2.45) is 0 Å². The molecule has 2 aromatic rings. The standard InChI is InChI=1S/C18H16N2O7/c1-10-5-12(3-4-15(10)20(23)24)25-8-18(22)19-14-7-17-16(26-9-27-17)6-13(14)11(2)21/h3-7H,8-9H2,1-2H3,(H,19,22). The maximum atomic E-state index is 12.2. The average Bonchev–Trinajstić information content (AvgIpc) is 3.06. The molecular formula is C18H16N2O7. The van der Waals surface area contributed by atoms with Crippen molar-refractivity contribution >= 4 is 23.1 Å². The number of ketones is 1. The summed E-state index contributed by atoms with van der Waals surface area (Å²) in [5.74, 6) is 0.464. The van der Waals surface area contributed by atoms with Gasteiger partial charge < -0.3 is 19.5 Å². The van der Waals surface area contributed by atoms with Gasteiger partial charge in [0.25, 0.3) is 11.6 Å². The molecule has 9 heteroatoms. The molecule has 3 rings (SSSR count). The Morgan fingerprint density at radius 2 is 1.93 bits per heavy atom. The number of anilines is 1. The Bertz CT molecular complexity index is 940. The topological polar surface area (TPSA) is 117 Å². The smallest absolute Gasteiger partial charge is 0.272 e. The first-order chi connectivity index (χ1) is 12.8. The highest BCUT2D eigenvalue weighted by Crippen LogP contribution is 2.37. The summed E-state index contributed by atoms with van der Waals surface area (Å²) in [5, 5.41) is 13.4. The van der Waals surface area contributed by atoms with Crippen molar-refractivity contribution in [2.45, 2.75) is 13.8 Å². The zero-order valence-electron chi connectivity index (χ0n) is 14.6. The number of nitrogens with one attached hydrogen (secondary N) is 1. The van der Waals surface area contributed by atoms with Crippen LogP contribution < -0.4 is 19.5 Å². The molecule has 0 bridgehead atoms. The van der Waals surface area contributed by atoms with Gasteiger partial charge in [0.05, 0.1) is 10.6 Å². The van der Waals surface area contributed by atoms with Gasteiger partial charge in [-0.05, 0) is 32.0 Å². The molecule has 140 valence electrons. The van der Waals surface area contributed by atoms with Crippen molar-refractivity contribution in [2.75, 3.05) is 18.7 Å². The van der Waals surface area contributed by atoms with Gasteiger partial charge >= 0.3 is 0 Å². The van der Waals surface area contributed by atoms with E-state index >= 15 is 0 Å². The van der Waals surface area contributed by atoms with Crippen LogP contribution in [0.15, 0.2) is 30.3 Å². The van der Waals surface area contributed by atoms with Crippen LogP contribution in [0.3, 0.4) is 0 Å². The van der Waals surface area contributed by atoms with Gasteiger partial charge in [0.15, 0.2) is 23.9 Å². The number of carbonyl (C=O) groups is 2. The number of nitro benzene ring substituents is 1. The van der Waals surface area contributed by atoms with Crippen LogP contribution in [0.5, 0.6) is 17.2 Å². The number of benzene rings is 2. The molecule has 9 nitrogen and oxygen atoms in total. The highest BCUT2D eigenvalue weighted by Gasteiger charge is 2.20. The minimum Gasteiger partial charge on any atom is -0.484 e. The third kappa shape index (κ3) is 3.97. The van der Waals surface area contributed by atoms with Crippen molar-refractivity contribution < 1.29 is 28.7 Å². The third-order valence-corrected chi connectivity index (χ3v) is 3.90. The molecule has 1 heterocycles. The van der Waals surface area contributed by atoms with Crippen LogP contribution in [0.1, 0.15) is 22.8 Å². The highest BCUT2D eigenvalue weighted by molar-refractivity contribution is 6.04. The van der Waals surface area contributed by atoms with Crippen molar-refractivity contribution in [3.8, 4) is 17.2 Å². The number of amides is 1. The van der Waals surface area contributed by atoms with Gasteiger partial charge in [-0.15, -0.1) is 0 Å². The van der Waals surface area contributed by atoms with Gasteiger partial charge in [0, 0.05) is 23.3 Å². The van der Waals surface area contributed by atoms with Crippen molar-refractivity contribution in [1.82, 2.24) is 0 Å². The molecule has 0 spiro atoms. The largest absolute Gasteiger partial charge is 0.484 e. The maximum Gasteiger partial charge on any atom is 0.272 e. The van der Waals surface area contributed by atoms with E-state index in [1.165, 1.54) is 37.3 Å². The van der Waals surface area contributed by atoms with E-state index in [1.807, 2.05) is 0 Å². The second-order valence-corrected chi connectivity index (χ2v) is 5.85. The highest BCUT2D eigenvalue weighted by atomic mass is 16.7. The lowest BCUT2D eigenvalue weighted by atomic mass is 10.1. The van der Waals surface area contributed by atoms with Crippen LogP contribution in [0.2, 0.25) is 0 Å². The Morgan fingerprint density at radius 1 is 1.22 bits per heavy atom. The lowest BCUT2D eigenvalue weighted by Crippen LogP contribution is -2.21. The number of nitro groups is 1. The number of aryl methyl sites for hydroxylation is 1. The Labute approximate surface area is 154 Å². The molecule has 0 saturated heterocycles. The van der Waals surface area contributed by atoms with Crippen molar-refractivity contribution in [3.05, 3.63) is 51.6 Å². The minimum absolute atomic E-state index is 0.0294. The average molecular weight is 372 g/mol. The number of ether oxygens (including phenoxy) is 3. The molecule has 1 aliphatic heterocycles. The first-order valence-corrected chi connectivity index (χ1v) is 7.97. The van der Waals surface area contributed by atoms with Gasteiger partial charge in [0.1, 0.15) is 5.75 Å². The summed E-state index contributed by atoms with van der Waals surface area (Å²) in [6, 6.07) is 7.25. The SMILES string of the molecule is CC(=O)c1cc2c(cc1NC(=O)COc1ccc([N+](=O)[O-])c(C)c1)OCO2. The Morgan fingerprint density at radius 3 is 2.56 bits per heavy atom. The molecule has 1 N–H and O–H groups in total. The van der Waals surface area contributed by atoms with Crippen LogP contribution in [0.4, 0.5) is 11.4 Å². The molecule has 0 aliphatic carbocycles. The van der Waals surface area contributed by atoms with E-state index in [0.29, 0.717) is 34.1 Å². The number of hydrogen-bond acceptors (Lipinski definition) is 7. The molecule has 0 unspecified atom stereocenters. The summed E-state index contributed by atoms with van der Waals surface area (Å²) in [4.78, 5) is 34.3. The van der Waals surface area contributed by atoms with E-state index in [1.54, 1.807) is 6.92 Å². The first kappa shape index (κ1) is 18.2. The lowest BCUT2D eigenvalue weighted by Gasteiger charge is -2.11. The van der Waals surface area contributed by atoms with Crippen LogP contribution in [0, 0.1) is 17.0 Å². The second-order valence-electron chi connectivity index (χ2n) is 5.85. The van der Waals surface area contributed by atoms with E-state index in [4.69, 9.17) is 14.2 Å². The second kappa shape index (κ2) is 7.32. The normalized spacial score (nSPS) is 11.8. The van der Waals surface area contributed by atoms with E-state index in [9.17, 15) is 19.7 Å². The van der Waals surface area contributed by atoms with Crippen LogP contribution >= 0.6 is 0 Å². The lowest BCUT2D eigenvalue weighted by molar-refractivity contribution is -0.385. The van der Waals surface area contributed by atoms with E-state index in [0.717, 1.165) is 0 Å². The predicted molar refractivity (Wildman–Crippen MR) is 94.5 cm³/mol. The fourth-order valence-corrected chi connectivity index (χ4v) is 2.59. The van der Waals surface area contributed by atoms with Crippen LogP contribution in [-0.4, -0.2) is 30.0 Å². The molecule has 27 heavy (non-hydrogen) atoms. The summed E-state index contributed by atoms with van der Waals surface area (Å²) >= 11 is 0. The fourth-order valence-electron chi connectivity index (χ4n) is 2.59. The summed E-state index contributed by atoms with van der Waals surface area (Å²) in [5.41, 5.74) is 0.977. The van der Waals surface area contributed by atoms with Gasteiger partial charge in [-0.1, -0.05) is 0 Å². The summed E-state index contributed by atoms with van der Waals surface area (Å²) in [7, 11) is 0. The Hall–Kier alpha value is -3.62. The Balaban J connectivity index is 1.69. The van der Waals surface area contributed by atoms with Gasteiger partial charge in [-0.3, -0.25) is 19.7 Å². The molecular weight excluding hydrogens is 356 g/mol. The van der Waals surface area contributed by atoms with E-state index in [-0.39, 0.29) is 24.9 Å². The fraction of sp³-hybridized carbons (Fsp3) is 0.222. The van der Waals surface area contributed by atoms with E-state index in [2.05, 4.69) is 5.32 Å². The number of nitrogens with zero attached hydrogens (tertiary/aromatic N) is 1. The monoisotopic (exact) mass is 372 g/mol. The summed E-state index contributed by atoms with van der Waals surface area (Å²) in [6.07, 6.45) is 0. The number of hydrogen-bond donors (Lipinski definition) is 1. The van der Waals surface area contributed by atoms with Crippen molar-refractivity contribution in [3.63, 3.8) is 0 Å². The van der Waals surface area contributed by atoms with E-state index < -0.39 is 10.8 Å². The van der Waals surface area contributed by atoms with Crippen molar-refractivity contribution in [1.29, 1.82) is 0 Å². The molecule has 0 aromatic heterocycles. The maximum absolute atomic E-state index is 12.2. The minimum atomic E-state index is -0.493.